The summed E-state index contributed by atoms with van der Waals surface area (Å²) in [5.74, 6) is 0. The number of hydrogen-bond donors (Lipinski definition) is 1. The molecule has 0 aliphatic rings. The zero-order chi connectivity index (χ0) is 12.3. The molecule has 1 unspecified atom stereocenters. The van der Waals surface area contributed by atoms with Gasteiger partial charge in [-0.1, -0.05) is 71.9 Å². The molecule has 17 heavy (non-hydrogen) atoms. The predicted molar refractivity (Wildman–Crippen MR) is 80.5 cm³/mol. The van der Waals surface area contributed by atoms with Crippen LogP contribution in [0.15, 0.2) is 24.3 Å². The highest BCUT2D eigenvalue weighted by atomic mass is 31.1. The second-order valence-electron chi connectivity index (χ2n) is 4.60. The topological polar surface area (TPSA) is 26.0 Å². The Hall–Kier alpha value is -0.390. The van der Waals surface area contributed by atoms with Gasteiger partial charge in [-0.3, -0.25) is 0 Å². The highest BCUT2D eigenvalue weighted by molar-refractivity contribution is 7.47. The molecule has 1 rings (SSSR count). The zero-order valence-electron chi connectivity index (χ0n) is 11.0. The molecule has 96 valence electrons. The van der Waals surface area contributed by atoms with Gasteiger partial charge in [0.2, 0.25) is 0 Å². The second-order valence-corrected chi connectivity index (χ2v) is 6.03. The maximum atomic E-state index is 5.58. The van der Waals surface area contributed by atoms with Crippen molar-refractivity contribution in [3.05, 3.63) is 29.8 Å². The molecular weight excluding hydrogens is 225 g/mol. The molecule has 0 amide bonds. The molecule has 0 aromatic heterocycles. The Bertz CT molecular complexity index is 281. The Morgan fingerprint density at radius 3 is 2.24 bits per heavy atom. The van der Waals surface area contributed by atoms with Crippen molar-refractivity contribution in [3.63, 3.8) is 0 Å². The Labute approximate surface area is 108 Å². The summed E-state index contributed by atoms with van der Waals surface area (Å²) in [6.07, 6.45) is 9.75. The van der Waals surface area contributed by atoms with Gasteiger partial charge in [-0.25, -0.2) is 0 Å². The molecule has 0 heterocycles. The van der Waals surface area contributed by atoms with E-state index in [2.05, 4.69) is 31.2 Å². The molecule has 1 atom stereocenters. The lowest BCUT2D eigenvalue weighted by Gasteiger charge is -2.03. The van der Waals surface area contributed by atoms with E-state index >= 15 is 0 Å². The zero-order valence-corrected chi connectivity index (χ0v) is 12.0. The van der Waals surface area contributed by atoms with Gasteiger partial charge < -0.3 is 5.73 Å². The average Bonchev–Trinajstić information content (AvgIpc) is 2.38. The first-order valence-corrected chi connectivity index (χ1v) is 8.10. The monoisotopic (exact) mass is 251 g/mol. The minimum Gasteiger partial charge on any atom is -0.326 e. The van der Waals surface area contributed by atoms with E-state index in [1.807, 2.05) is 0 Å². The molecule has 0 saturated heterocycles. The summed E-state index contributed by atoms with van der Waals surface area (Å²) in [7, 11) is 0.974. The lowest BCUT2D eigenvalue weighted by atomic mass is 10.1. The maximum absolute atomic E-state index is 5.58. The molecule has 0 saturated carbocycles. The highest BCUT2D eigenvalue weighted by Gasteiger charge is 1.95. The third kappa shape index (κ3) is 6.81. The molecule has 1 aromatic rings. The van der Waals surface area contributed by atoms with Crippen molar-refractivity contribution in [1.29, 1.82) is 0 Å². The minimum absolute atomic E-state index is 0.654. The molecule has 0 bridgehead atoms. The highest BCUT2D eigenvalue weighted by Crippen LogP contribution is 2.15. The first kappa shape index (κ1) is 14.7. The van der Waals surface area contributed by atoms with Gasteiger partial charge in [-0.2, -0.15) is 0 Å². The molecule has 0 aliphatic heterocycles. The molecule has 0 fully saturated rings. The number of nitrogens with two attached hydrogens (primary N) is 1. The quantitative estimate of drug-likeness (QED) is 0.524. The van der Waals surface area contributed by atoms with Gasteiger partial charge in [-0.15, -0.1) is 0 Å². The van der Waals surface area contributed by atoms with Gasteiger partial charge in [0.1, 0.15) is 0 Å². The van der Waals surface area contributed by atoms with E-state index < -0.39 is 0 Å². The normalized spacial score (nSPS) is 11.4. The molecule has 2 heteroatoms. The molecular formula is C15H26NP. The largest absolute Gasteiger partial charge is 0.326 e. The number of rotatable bonds is 9. The Morgan fingerprint density at radius 2 is 1.59 bits per heavy atom. The fourth-order valence-corrected chi connectivity index (χ4v) is 3.01. The fourth-order valence-electron chi connectivity index (χ4n) is 1.90. The SMILES string of the molecule is CCCCCCCCPc1ccc(CN)cc1. The average molecular weight is 251 g/mol. The molecule has 2 N–H and O–H groups in total. The van der Waals surface area contributed by atoms with Crippen LogP contribution in [-0.4, -0.2) is 6.16 Å². The van der Waals surface area contributed by atoms with E-state index in [0.29, 0.717) is 6.54 Å². The second kappa shape index (κ2) is 9.62. The van der Waals surface area contributed by atoms with Crippen molar-refractivity contribution in [3.8, 4) is 0 Å². The van der Waals surface area contributed by atoms with E-state index in [4.69, 9.17) is 5.73 Å². The fraction of sp³-hybridized carbons (Fsp3) is 0.600. The molecule has 0 aliphatic carbocycles. The van der Waals surface area contributed by atoms with E-state index in [9.17, 15) is 0 Å². The van der Waals surface area contributed by atoms with Gasteiger partial charge in [0, 0.05) is 6.54 Å². The van der Waals surface area contributed by atoms with Crippen molar-refractivity contribution in [2.24, 2.45) is 5.73 Å². The smallest absolute Gasteiger partial charge is 0.0178 e. The first-order chi connectivity index (χ1) is 8.36. The van der Waals surface area contributed by atoms with Crippen LogP contribution in [0.3, 0.4) is 0 Å². The lowest BCUT2D eigenvalue weighted by Crippen LogP contribution is -2.00. The predicted octanol–water partition coefficient (Wildman–Crippen LogP) is 3.81. The summed E-state index contributed by atoms with van der Waals surface area (Å²) in [6.45, 7) is 2.92. The van der Waals surface area contributed by atoms with E-state index in [1.165, 1.54) is 55.6 Å². The molecule has 1 nitrogen and oxygen atoms in total. The van der Waals surface area contributed by atoms with Crippen molar-refractivity contribution >= 4 is 13.9 Å². The van der Waals surface area contributed by atoms with Crippen LogP contribution < -0.4 is 11.0 Å². The third-order valence-electron chi connectivity index (χ3n) is 3.05. The van der Waals surface area contributed by atoms with Gasteiger partial charge in [0.15, 0.2) is 0 Å². The van der Waals surface area contributed by atoms with E-state index in [1.54, 1.807) is 0 Å². The first-order valence-electron chi connectivity index (χ1n) is 6.89. The Balaban J connectivity index is 2.05. The molecule has 0 radical (unpaired) electrons. The van der Waals surface area contributed by atoms with Crippen LogP contribution in [0.2, 0.25) is 0 Å². The van der Waals surface area contributed by atoms with Crippen LogP contribution in [0.5, 0.6) is 0 Å². The molecule has 1 aromatic carbocycles. The standard InChI is InChI=1S/C15H26NP/c1-2-3-4-5-6-7-12-17-15-10-8-14(13-16)9-11-15/h8-11,17H,2-7,12-13,16H2,1H3. The number of hydrogen-bond acceptors (Lipinski definition) is 1. The Morgan fingerprint density at radius 1 is 0.941 bits per heavy atom. The van der Waals surface area contributed by atoms with Crippen molar-refractivity contribution in [2.45, 2.75) is 52.0 Å². The minimum atomic E-state index is 0.654. The summed E-state index contributed by atoms with van der Waals surface area (Å²) in [4.78, 5) is 0. The van der Waals surface area contributed by atoms with Crippen LogP contribution in [-0.2, 0) is 6.54 Å². The number of benzene rings is 1. The van der Waals surface area contributed by atoms with Crippen LogP contribution in [0, 0.1) is 0 Å². The van der Waals surface area contributed by atoms with Gasteiger partial charge >= 0.3 is 0 Å². The number of unbranched alkanes of at least 4 members (excludes halogenated alkanes) is 5. The summed E-state index contributed by atoms with van der Waals surface area (Å²) >= 11 is 0. The maximum Gasteiger partial charge on any atom is 0.0178 e. The van der Waals surface area contributed by atoms with Crippen LogP contribution in [0.1, 0.15) is 51.0 Å². The summed E-state index contributed by atoms with van der Waals surface area (Å²) in [5.41, 5.74) is 6.82. The summed E-state index contributed by atoms with van der Waals surface area (Å²) < 4.78 is 0. The molecule has 0 spiro atoms. The van der Waals surface area contributed by atoms with Crippen LogP contribution in [0.25, 0.3) is 0 Å². The Kier molecular flexibility index (Phi) is 8.30. The lowest BCUT2D eigenvalue weighted by molar-refractivity contribution is 0.626. The third-order valence-corrected chi connectivity index (χ3v) is 4.39. The van der Waals surface area contributed by atoms with Gasteiger partial charge in [-0.05, 0) is 23.5 Å². The van der Waals surface area contributed by atoms with Crippen LogP contribution >= 0.6 is 8.58 Å². The van der Waals surface area contributed by atoms with Gasteiger partial charge in [0.25, 0.3) is 0 Å². The van der Waals surface area contributed by atoms with E-state index in [0.717, 1.165) is 8.58 Å². The van der Waals surface area contributed by atoms with Gasteiger partial charge in [0.05, 0.1) is 0 Å². The summed E-state index contributed by atoms with van der Waals surface area (Å²) in [6, 6.07) is 8.78. The van der Waals surface area contributed by atoms with Crippen LogP contribution in [0.4, 0.5) is 0 Å². The summed E-state index contributed by atoms with van der Waals surface area (Å²) in [5, 5.41) is 1.48. The van der Waals surface area contributed by atoms with Crippen molar-refractivity contribution in [1.82, 2.24) is 0 Å². The van der Waals surface area contributed by atoms with Crippen molar-refractivity contribution < 1.29 is 0 Å². The van der Waals surface area contributed by atoms with Crippen molar-refractivity contribution in [2.75, 3.05) is 6.16 Å². The van der Waals surface area contributed by atoms with E-state index in [-0.39, 0.29) is 0 Å².